The Balaban J connectivity index is 1.36. The molecule has 0 saturated carbocycles. The number of hydrogen-bond donors (Lipinski definition) is 0. The molecule has 0 bridgehead atoms. The molecule has 0 spiro atoms. The highest BCUT2D eigenvalue weighted by Crippen LogP contribution is 2.28. The summed E-state index contributed by atoms with van der Waals surface area (Å²) in [4.78, 5) is 14.7. The van der Waals surface area contributed by atoms with Crippen LogP contribution in [0.1, 0.15) is 12.0 Å². The van der Waals surface area contributed by atoms with Crippen LogP contribution in [0.5, 0.6) is 0 Å². The van der Waals surface area contributed by atoms with E-state index in [-0.39, 0.29) is 17.5 Å². The van der Waals surface area contributed by atoms with Gasteiger partial charge in [0.05, 0.1) is 5.75 Å². The first-order chi connectivity index (χ1) is 14.7. The van der Waals surface area contributed by atoms with Gasteiger partial charge >= 0.3 is 0 Å². The second-order valence-corrected chi connectivity index (χ2v) is 8.04. The Morgan fingerprint density at radius 2 is 1.97 bits per heavy atom. The van der Waals surface area contributed by atoms with Gasteiger partial charge in [-0.1, -0.05) is 42.1 Å². The van der Waals surface area contributed by atoms with Gasteiger partial charge in [0.25, 0.3) is 0 Å². The standard InChI is InChI=1S/C22H18FN5OS/c23-17-8-3-6-16(13-17)22-25-24-19-10-11-20(26-28(19)22)30-14-21(29)27-12-4-7-15-5-1-2-9-18(15)27/h1-3,5-6,8-11,13H,4,7,12,14H2. The van der Waals surface area contributed by atoms with Crippen molar-refractivity contribution in [2.24, 2.45) is 0 Å². The third-order valence-electron chi connectivity index (χ3n) is 5.08. The molecule has 2 aromatic heterocycles. The number of nitrogens with zero attached hydrogens (tertiary/aromatic N) is 5. The molecule has 0 atom stereocenters. The number of thioether (sulfide) groups is 1. The SMILES string of the molecule is O=C(CSc1ccc2nnc(-c3cccc(F)c3)n2n1)N1CCCc2ccccc21. The van der Waals surface area contributed by atoms with Crippen molar-refractivity contribution in [3.05, 3.63) is 72.0 Å². The van der Waals surface area contributed by atoms with Gasteiger partial charge in [-0.3, -0.25) is 4.79 Å². The Hall–Kier alpha value is -3.26. The minimum absolute atomic E-state index is 0.0585. The molecule has 4 aromatic rings. The number of halogens is 1. The summed E-state index contributed by atoms with van der Waals surface area (Å²) in [5.41, 5.74) is 3.38. The minimum atomic E-state index is -0.345. The minimum Gasteiger partial charge on any atom is -0.311 e. The maximum absolute atomic E-state index is 13.6. The largest absolute Gasteiger partial charge is 0.311 e. The predicted molar refractivity (Wildman–Crippen MR) is 114 cm³/mol. The first kappa shape index (κ1) is 18.7. The number of carbonyl (C=O) groups excluding carboxylic acids is 1. The highest BCUT2D eigenvalue weighted by atomic mass is 32.2. The maximum Gasteiger partial charge on any atom is 0.237 e. The zero-order chi connectivity index (χ0) is 20.5. The van der Waals surface area contributed by atoms with E-state index in [1.807, 2.05) is 29.2 Å². The number of amides is 1. The fourth-order valence-corrected chi connectivity index (χ4v) is 4.39. The van der Waals surface area contributed by atoms with E-state index < -0.39 is 0 Å². The van der Waals surface area contributed by atoms with Crippen LogP contribution in [0.3, 0.4) is 0 Å². The highest BCUT2D eigenvalue weighted by Gasteiger charge is 2.22. The normalized spacial score (nSPS) is 13.4. The molecule has 0 unspecified atom stereocenters. The molecule has 1 amide bonds. The van der Waals surface area contributed by atoms with E-state index in [4.69, 9.17) is 0 Å². The van der Waals surface area contributed by atoms with Crippen LogP contribution in [0.2, 0.25) is 0 Å². The van der Waals surface area contributed by atoms with E-state index in [1.165, 1.54) is 29.5 Å². The van der Waals surface area contributed by atoms with Gasteiger partial charge in [0, 0.05) is 17.8 Å². The van der Waals surface area contributed by atoms with Crippen molar-refractivity contribution in [3.8, 4) is 11.4 Å². The van der Waals surface area contributed by atoms with Crippen molar-refractivity contribution in [1.82, 2.24) is 19.8 Å². The number of carbonyl (C=O) groups is 1. The Kier molecular flexibility index (Phi) is 4.92. The number of para-hydroxylation sites is 1. The molecule has 1 aliphatic heterocycles. The van der Waals surface area contributed by atoms with Gasteiger partial charge in [-0.15, -0.1) is 10.2 Å². The number of aromatic nitrogens is 4. The molecular formula is C22H18FN5OS. The number of hydrogen-bond acceptors (Lipinski definition) is 5. The van der Waals surface area contributed by atoms with Crippen molar-refractivity contribution >= 4 is 29.0 Å². The summed E-state index contributed by atoms with van der Waals surface area (Å²) < 4.78 is 15.2. The predicted octanol–water partition coefficient (Wildman–Crippen LogP) is 4.00. The third kappa shape index (κ3) is 3.54. The third-order valence-corrected chi connectivity index (χ3v) is 5.98. The fraction of sp³-hybridized carbons (Fsp3) is 0.182. The van der Waals surface area contributed by atoms with E-state index in [0.29, 0.717) is 22.1 Å². The first-order valence-electron chi connectivity index (χ1n) is 9.68. The molecular weight excluding hydrogens is 401 g/mol. The zero-order valence-corrected chi connectivity index (χ0v) is 16.8. The van der Waals surface area contributed by atoms with Crippen LogP contribution in [-0.2, 0) is 11.2 Å². The van der Waals surface area contributed by atoms with Crippen molar-refractivity contribution in [1.29, 1.82) is 0 Å². The second kappa shape index (κ2) is 7.87. The Morgan fingerprint density at radius 3 is 2.87 bits per heavy atom. The lowest BCUT2D eigenvalue weighted by molar-refractivity contribution is -0.116. The number of fused-ring (bicyclic) bond motifs is 2. The number of aryl methyl sites for hydroxylation is 1. The summed E-state index contributed by atoms with van der Waals surface area (Å²) in [5, 5.41) is 13.5. The summed E-state index contributed by atoms with van der Waals surface area (Å²) in [6.07, 6.45) is 1.97. The first-order valence-corrected chi connectivity index (χ1v) is 10.7. The van der Waals surface area contributed by atoms with Gasteiger partial charge in [-0.2, -0.15) is 9.61 Å². The van der Waals surface area contributed by atoms with E-state index in [0.717, 1.165) is 25.1 Å². The zero-order valence-electron chi connectivity index (χ0n) is 16.0. The lowest BCUT2D eigenvalue weighted by Gasteiger charge is -2.29. The summed E-state index contributed by atoms with van der Waals surface area (Å²) >= 11 is 1.37. The summed E-state index contributed by atoms with van der Waals surface area (Å²) in [5.74, 6) is 0.457. The fourth-order valence-electron chi connectivity index (χ4n) is 3.66. The topological polar surface area (TPSA) is 63.4 Å². The van der Waals surface area contributed by atoms with Crippen molar-refractivity contribution in [3.63, 3.8) is 0 Å². The van der Waals surface area contributed by atoms with Crippen LogP contribution in [-0.4, -0.2) is 38.0 Å². The van der Waals surface area contributed by atoms with Crippen LogP contribution in [0.25, 0.3) is 17.0 Å². The summed E-state index contributed by atoms with van der Waals surface area (Å²) in [7, 11) is 0. The molecule has 0 N–H and O–H groups in total. The molecule has 8 heteroatoms. The summed E-state index contributed by atoms with van der Waals surface area (Å²) in [6.45, 7) is 0.734. The van der Waals surface area contributed by atoms with Crippen LogP contribution in [0.4, 0.5) is 10.1 Å². The van der Waals surface area contributed by atoms with E-state index in [9.17, 15) is 9.18 Å². The molecule has 0 radical (unpaired) electrons. The number of anilines is 1. The molecule has 1 aliphatic rings. The molecule has 3 heterocycles. The van der Waals surface area contributed by atoms with E-state index >= 15 is 0 Å². The van der Waals surface area contributed by atoms with Crippen LogP contribution in [0, 0.1) is 5.82 Å². The smallest absolute Gasteiger partial charge is 0.237 e. The van der Waals surface area contributed by atoms with Crippen LogP contribution >= 0.6 is 11.8 Å². The van der Waals surface area contributed by atoms with E-state index in [1.54, 1.807) is 22.7 Å². The Morgan fingerprint density at radius 1 is 1.07 bits per heavy atom. The second-order valence-electron chi connectivity index (χ2n) is 7.04. The molecule has 6 nitrogen and oxygen atoms in total. The van der Waals surface area contributed by atoms with Gasteiger partial charge in [-0.05, 0) is 48.7 Å². The van der Waals surface area contributed by atoms with Crippen molar-refractivity contribution in [2.45, 2.75) is 17.9 Å². The van der Waals surface area contributed by atoms with Gasteiger partial charge in [0.1, 0.15) is 10.8 Å². The molecule has 0 aliphatic carbocycles. The van der Waals surface area contributed by atoms with Crippen molar-refractivity contribution < 1.29 is 9.18 Å². The molecule has 0 fully saturated rings. The molecule has 5 rings (SSSR count). The molecule has 2 aromatic carbocycles. The van der Waals surface area contributed by atoms with Gasteiger partial charge in [0.15, 0.2) is 11.5 Å². The number of rotatable bonds is 4. The highest BCUT2D eigenvalue weighted by molar-refractivity contribution is 7.99. The van der Waals surface area contributed by atoms with E-state index in [2.05, 4.69) is 21.4 Å². The average Bonchev–Trinajstić information content (AvgIpc) is 3.20. The quantitative estimate of drug-likeness (QED) is 0.468. The van der Waals surface area contributed by atoms with Gasteiger partial charge in [-0.25, -0.2) is 4.39 Å². The van der Waals surface area contributed by atoms with Gasteiger partial charge < -0.3 is 4.90 Å². The van der Waals surface area contributed by atoms with Gasteiger partial charge in [0.2, 0.25) is 5.91 Å². The van der Waals surface area contributed by atoms with Crippen LogP contribution < -0.4 is 4.90 Å². The summed E-state index contributed by atoms with van der Waals surface area (Å²) in [6, 6.07) is 17.8. The average molecular weight is 419 g/mol. The lowest BCUT2D eigenvalue weighted by Crippen LogP contribution is -2.36. The van der Waals surface area contributed by atoms with Crippen molar-refractivity contribution in [2.75, 3.05) is 17.2 Å². The van der Waals surface area contributed by atoms with Crippen LogP contribution in [0.15, 0.2) is 65.7 Å². The molecule has 0 saturated heterocycles. The number of benzene rings is 2. The maximum atomic E-state index is 13.6. The Bertz CT molecular complexity index is 1240. The lowest BCUT2D eigenvalue weighted by atomic mass is 10.0. The molecule has 150 valence electrons. The monoisotopic (exact) mass is 419 g/mol. The Labute approximate surface area is 176 Å². The molecule has 30 heavy (non-hydrogen) atoms.